The van der Waals surface area contributed by atoms with Crippen LogP contribution in [0.2, 0.25) is 0 Å². The summed E-state index contributed by atoms with van der Waals surface area (Å²) in [6.45, 7) is 1.54. The number of nitrogens with two attached hydrogens (primary N) is 1. The fourth-order valence-corrected chi connectivity index (χ4v) is 3.42. The summed E-state index contributed by atoms with van der Waals surface area (Å²) < 4.78 is 25.9. The highest BCUT2D eigenvalue weighted by atomic mass is 35.5. The summed E-state index contributed by atoms with van der Waals surface area (Å²) in [5, 5.41) is 0.0117. The fraction of sp³-hybridized carbons (Fsp3) is 0.600. The van der Waals surface area contributed by atoms with E-state index in [9.17, 15) is 8.42 Å². The molecule has 0 saturated carbocycles. The van der Waals surface area contributed by atoms with Gasteiger partial charge >= 0.3 is 0 Å². The van der Waals surface area contributed by atoms with Crippen molar-refractivity contribution in [2.45, 2.75) is 17.9 Å². The summed E-state index contributed by atoms with van der Waals surface area (Å²) in [7, 11) is -3.50. The molecule has 0 aliphatic carbocycles. The Morgan fingerprint density at radius 3 is 2.83 bits per heavy atom. The highest BCUT2D eigenvalue weighted by Gasteiger charge is 2.30. The van der Waals surface area contributed by atoms with E-state index in [1.54, 1.807) is 0 Å². The molecule has 1 unspecified atom stereocenters. The first-order valence-corrected chi connectivity index (χ1v) is 7.05. The standard InChI is InChI=1S/C10H16N4O2S.ClH/c11-6-9-2-1-5-14(8-9)17(15,16)10-7-12-3-4-13-10;/h3-4,7,9H,1-2,5-6,8,11H2;1H. The Kier molecular flexibility index (Phi) is 5.46. The molecule has 102 valence electrons. The Hall–Kier alpha value is -0.760. The quantitative estimate of drug-likeness (QED) is 0.863. The summed E-state index contributed by atoms with van der Waals surface area (Å²) in [5.41, 5.74) is 5.60. The summed E-state index contributed by atoms with van der Waals surface area (Å²) in [6, 6.07) is 0. The molecule has 1 aliphatic heterocycles. The van der Waals surface area contributed by atoms with Crippen LogP contribution in [0.3, 0.4) is 0 Å². The van der Waals surface area contributed by atoms with Gasteiger partial charge in [-0.15, -0.1) is 12.4 Å². The van der Waals surface area contributed by atoms with Crippen LogP contribution < -0.4 is 5.73 Å². The molecule has 1 atom stereocenters. The maximum Gasteiger partial charge on any atom is 0.262 e. The summed E-state index contributed by atoms with van der Waals surface area (Å²) in [4.78, 5) is 7.65. The molecule has 6 nitrogen and oxygen atoms in total. The van der Waals surface area contributed by atoms with Crippen molar-refractivity contribution in [3.05, 3.63) is 18.6 Å². The third-order valence-electron chi connectivity index (χ3n) is 2.96. The molecule has 18 heavy (non-hydrogen) atoms. The van der Waals surface area contributed by atoms with Crippen molar-refractivity contribution in [2.75, 3.05) is 19.6 Å². The van der Waals surface area contributed by atoms with E-state index in [1.165, 1.54) is 22.9 Å². The van der Waals surface area contributed by atoms with E-state index in [2.05, 4.69) is 9.97 Å². The highest BCUT2D eigenvalue weighted by molar-refractivity contribution is 7.89. The average molecular weight is 293 g/mol. The van der Waals surface area contributed by atoms with Crippen molar-refractivity contribution in [3.8, 4) is 0 Å². The Labute approximate surface area is 113 Å². The minimum Gasteiger partial charge on any atom is -0.330 e. The molecule has 8 heteroatoms. The van der Waals surface area contributed by atoms with E-state index in [0.29, 0.717) is 19.6 Å². The van der Waals surface area contributed by atoms with Crippen LogP contribution in [0.4, 0.5) is 0 Å². The number of halogens is 1. The molecule has 0 amide bonds. The second-order valence-corrected chi connectivity index (χ2v) is 6.04. The minimum absolute atomic E-state index is 0. The van der Waals surface area contributed by atoms with E-state index >= 15 is 0 Å². The number of sulfonamides is 1. The van der Waals surface area contributed by atoms with E-state index in [-0.39, 0.29) is 23.4 Å². The molecule has 0 aromatic carbocycles. The number of rotatable bonds is 3. The lowest BCUT2D eigenvalue weighted by Gasteiger charge is -2.30. The number of hydrogen-bond donors (Lipinski definition) is 1. The third-order valence-corrected chi connectivity index (χ3v) is 4.71. The molecule has 1 aromatic heterocycles. The number of hydrogen-bond acceptors (Lipinski definition) is 5. The Morgan fingerprint density at radius 1 is 1.44 bits per heavy atom. The van der Waals surface area contributed by atoms with Crippen molar-refractivity contribution in [2.24, 2.45) is 11.7 Å². The lowest BCUT2D eigenvalue weighted by Crippen LogP contribution is -2.42. The molecule has 1 aromatic rings. The van der Waals surface area contributed by atoms with Crippen molar-refractivity contribution in [1.82, 2.24) is 14.3 Å². The Morgan fingerprint density at radius 2 is 2.22 bits per heavy atom. The van der Waals surface area contributed by atoms with Gasteiger partial charge in [-0.2, -0.15) is 4.31 Å². The van der Waals surface area contributed by atoms with Gasteiger partial charge < -0.3 is 5.73 Å². The van der Waals surface area contributed by atoms with Gasteiger partial charge in [0.2, 0.25) is 0 Å². The van der Waals surface area contributed by atoms with Gasteiger partial charge in [-0.25, -0.2) is 13.4 Å². The maximum atomic E-state index is 12.2. The molecule has 0 radical (unpaired) electrons. The summed E-state index contributed by atoms with van der Waals surface area (Å²) in [5.74, 6) is 0.246. The monoisotopic (exact) mass is 292 g/mol. The minimum atomic E-state index is -3.50. The first-order valence-electron chi connectivity index (χ1n) is 5.61. The van der Waals surface area contributed by atoms with Crippen LogP contribution in [-0.4, -0.2) is 42.3 Å². The normalized spacial score (nSPS) is 21.3. The molecule has 1 fully saturated rings. The number of piperidine rings is 1. The summed E-state index contributed by atoms with van der Waals surface area (Å²) >= 11 is 0. The fourth-order valence-electron chi connectivity index (χ4n) is 1.99. The largest absolute Gasteiger partial charge is 0.330 e. The van der Waals surface area contributed by atoms with Gasteiger partial charge in [0, 0.05) is 25.5 Å². The molecule has 0 spiro atoms. The van der Waals surface area contributed by atoms with Crippen LogP contribution in [0.5, 0.6) is 0 Å². The van der Waals surface area contributed by atoms with E-state index in [0.717, 1.165) is 12.8 Å². The van der Waals surface area contributed by atoms with E-state index in [4.69, 9.17) is 5.73 Å². The van der Waals surface area contributed by atoms with Crippen LogP contribution in [0.1, 0.15) is 12.8 Å². The molecule has 2 rings (SSSR count). The molecular formula is C10H17ClN4O2S. The van der Waals surface area contributed by atoms with Crippen molar-refractivity contribution < 1.29 is 8.42 Å². The van der Waals surface area contributed by atoms with Gasteiger partial charge in [-0.1, -0.05) is 0 Å². The predicted molar refractivity (Wildman–Crippen MR) is 69.8 cm³/mol. The molecule has 1 saturated heterocycles. The molecule has 2 N–H and O–H groups in total. The lowest BCUT2D eigenvalue weighted by molar-refractivity contribution is 0.271. The van der Waals surface area contributed by atoms with E-state index in [1.807, 2.05) is 0 Å². The van der Waals surface area contributed by atoms with Crippen molar-refractivity contribution in [3.63, 3.8) is 0 Å². The van der Waals surface area contributed by atoms with Gasteiger partial charge in [-0.3, -0.25) is 4.98 Å². The first kappa shape index (κ1) is 15.3. The van der Waals surface area contributed by atoms with Crippen LogP contribution in [-0.2, 0) is 10.0 Å². The topological polar surface area (TPSA) is 89.2 Å². The number of nitrogens with zero attached hydrogens (tertiary/aromatic N) is 3. The SMILES string of the molecule is Cl.NCC1CCCN(S(=O)(=O)c2cnccn2)C1. The third kappa shape index (κ3) is 3.17. The zero-order chi connectivity index (χ0) is 12.3. The van der Waals surface area contributed by atoms with E-state index < -0.39 is 10.0 Å². The van der Waals surface area contributed by atoms with Gasteiger partial charge in [0.05, 0.1) is 6.20 Å². The Bertz CT molecular complexity index is 468. The second kappa shape index (κ2) is 6.42. The lowest BCUT2D eigenvalue weighted by atomic mass is 10.0. The predicted octanol–water partition coefficient (Wildman–Crippen LogP) is 0.258. The molecule has 0 bridgehead atoms. The van der Waals surface area contributed by atoms with Gasteiger partial charge in [0.15, 0.2) is 5.03 Å². The average Bonchev–Trinajstić information content (AvgIpc) is 2.40. The molecule has 2 heterocycles. The highest BCUT2D eigenvalue weighted by Crippen LogP contribution is 2.21. The summed E-state index contributed by atoms with van der Waals surface area (Å²) in [6.07, 6.45) is 5.96. The number of aromatic nitrogens is 2. The maximum absolute atomic E-state index is 12.2. The smallest absolute Gasteiger partial charge is 0.262 e. The van der Waals surface area contributed by atoms with Crippen LogP contribution in [0.15, 0.2) is 23.6 Å². The van der Waals surface area contributed by atoms with Gasteiger partial charge in [-0.05, 0) is 25.3 Å². The van der Waals surface area contributed by atoms with Gasteiger partial charge in [0.25, 0.3) is 10.0 Å². The van der Waals surface area contributed by atoms with Crippen LogP contribution >= 0.6 is 12.4 Å². The first-order chi connectivity index (χ1) is 8.14. The van der Waals surface area contributed by atoms with Crippen LogP contribution in [0, 0.1) is 5.92 Å². The van der Waals surface area contributed by atoms with Crippen molar-refractivity contribution >= 4 is 22.4 Å². The van der Waals surface area contributed by atoms with Crippen molar-refractivity contribution in [1.29, 1.82) is 0 Å². The zero-order valence-corrected chi connectivity index (χ0v) is 11.5. The van der Waals surface area contributed by atoms with Crippen LogP contribution in [0.25, 0.3) is 0 Å². The van der Waals surface area contributed by atoms with Gasteiger partial charge in [0.1, 0.15) is 0 Å². The second-order valence-electron chi connectivity index (χ2n) is 4.15. The Balaban J connectivity index is 0.00000162. The molecule has 1 aliphatic rings. The zero-order valence-electron chi connectivity index (χ0n) is 9.90. The molecular weight excluding hydrogens is 276 g/mol.